The molecule has 1 aromatic carbocycles. The number of amides is 4. The van der Waals surface area contributed by atoms with E-state index in [9.17, 15) is 14.4 Å². The highest BCUT2D eigenvalue weighted by atomic mass is 16.2. The normalized spacial score (nSPS) is 24.7. The Kier molecular flexibility index (Phi) is 6.01. The van der Waals surface area contributed by atoms with Crippen LogP contribution in [-0.4, -0.2) is 34.8 Å². The molecule has 2 aliphatic rings. The van der Waals surface area contributed by atoms with E-state index in [0.717, 1.165) is 41.8 Å². The summed E-state index contributed by atoms with van der Waals surface area (Å²) in [7, 11) is 0. The number of carbonyl (C=O) groups excluding carboxylic acids is 3. The van der Waals surface area contributed by atoms with Crippen LogP contribution in [-0.2, 0) is 16.0 Å². The quantitative estimate of drug-likeness (QED) is 0.707. The Hall–Kier alpha value is -2.37. The lowest BCUT2D eigenvalue weighted by Gasteiger charge is -2.42. The number of para-hydroxylation sites is 1. The Bertz CT molecular complexity index is 794. The van der Waals surface area contributed by atoms with E-state index in [1.54, 1.807) is 0 Å². The molecule has 4 amide bonds. The summed E-state index contributed by atoms with van der Waals surface area (Å²) in [5.41, 5.74) is 1.15. The van der Waals surface area contributed by atoms with E-state index in [2.05, 4.69) is 31.4 Å². The number of benzene rings is 1. The molecule has 0 bridgehead atoms. The zero-order valence-electron chi connectivity index (χ0n) is 18.0. The van der Waals surface area contributed by atoms with Gasteiger partial charge in [0.25, 0.3) is 5.91 Å². The SMILES string of the molecule is CCc1ccccc1NC(=O)CN1C(=O)NC2(CCC(C(C)(C)CC)CC2)C1=O. The Labute approximate surface area is 173 Å². The number of carbonyl (C=O) groups is 3. The van der Waals surface area contributed by atoms with Crippen LogP contribution >= 0.6 is 0 Å². The number of rotatable bonds is 6. The molecule has 1 spiro atoms. The van der Waals surface area contributed by atoms with Crippen molar-refractivity contribution in [2.75, 3.05) is 11.9 Å². The number of nitrogens with one attached hydrogen (secondary N) is 2. The van der Waals surface area contributed by atoms with Crippen LogP contribution in [0.25, 0.3) is 0 Å². The highest BCUT2D eigenvalue weighted by Crippen LogP contribution is 2.45. The van der Waals surface area contributed by atoms with E-state index in [1.807, 2.05) is 31.2 Å². The Morgan fingerprint density at radius 2 is 1.86 bits per heavy atom. The van der Waals surface area contributed by atoms with Crippen LogP contribution < -0.4 is 10.6 Å². The maximum absolute atomic E-state index is 13.1. The van der Waals surface area contributed by atoms with Crippen LogP contribution in [0.4, 0.5) is 10.5 Å². The van der Waals surface area contributed by atoms with E-state index in [0.29, 0.717) is 18.8 Å². The Morgan fingerprint density at radius 1 is 1.21 bits per heavy atom. The molecule has 0 atom stereocenters. The third kappa shape index (κ3) is 4.16. The first-order valence-corrected chi connectivity index (χ1v) is 10.7. The maximum Gasteiger partial charge on any atom is 0.325 e. The second-order valence-electron chi connectivity index (χ2n) is 9.08. The number of hydrogen-bond acceptors (Lipinski definition) is 3. The molecule has 6 heteroatoms. The monoisotopic (exact) mass is 399 g/mol. The van der Waals surface area contributed by atoms with Gasteiger partial charge in [-0.1, -0.05) is 52.3 Å². The van der Waals surface area contributed by atoms with Gasteiger partial charge in [0.15, 0.2) is 0 Å². The maximum atomic E-state index is 13.1. The molecule has 1 saturated carbocycles. The predicted molar refractivity (Wildman–Crippen MR) is 113 cm³/mol. The van der Waals surface area contributed by atoms with E-state index < -0.39 is 11.6 Å². The van der Waals surface area contributed by atoms with Crippen molar-refractivity contribution in [3.8, 4) is 0 Å². The fraction of sp³-hybridized carbons (Fsp3) is 0.609. The minimum absolute atomic E-state index is 0.236. The summed E-state index contributed by atoms with van der Waals surface area (Å²) >= 11 is 0. The second kappa shape index (κ2) is 8.17. The molecule has 29 heavy (non-hydrogen) atoms. The molecule has 1 aromatic rings. The van der Waals surface area contributed by atoms with Gasteiger partial charge in [0, 0.05) is 5.69 Å². The summed E-state index contributed by atoms with van der Waals surface area (Å²) in [6.07, 6.45) is 4.99. The number of nitrogens with zero attached hydrogens (tertiary/aromatic N) is 1. The van der Waals surface area contributed by atoms with Gasteiger partial charge in [-0.15, -0.1) is 0 Å². The zero-order valence-corrected chi connectivity index (χ0v) is 18.0. The van der Waals surface area contributed by atoms with Gasteiger partial charge in [-0.05, 0) is 55.1 Å². The summed E-state index contributed by atoms with van der Waals surface area (Å²) in [6, 6.07) is 7.11. The van der Waals surface area contributed by atoms with Crippen molar-refractivity contribution in [2.45, 2.75) is 71.8 Å². The molecule has 1 aliphatic carbocycles. The van der Waals surface area contributed by atoms with Gasteiger partial charge >= 0.3 is 6.03 Å². The van der Waals surface area contributed by atoms with Gasteiger partial charge in [0.05, 0.1) is 0 Å². The molecule has 6 nitrogen and oxygen atoms in total. The second-order valence-corrected chi connectivity index (χ2v) is 9.08. The number of anilines is 1. The average molecular weight is 400 g/mol. The third-order valence-corrected chi connectivity index (χ3v) is 7.08. The average Bonchev–Trinajstić information content (AvgIpc) is 2.92. The molecule has 1 saturated heterocycles. The van der Waals surface area contributed by atoms with Gasteiger partial charge in [0.1, 0.15) is 12.1 Å². The Morgan fingerprint density at radius 3 is 2.48 bits per heavy atom. The highest BCUT2D eigenvalue weighted by Gasteiger charge is 2.53. The van der Waals surface area contributed by atoms with Crippen LogP contribution in [0.5, 0.6) is 0 Å². The smallest absolute Gasteiger partial charge is 0.324 e. The number of aryl methyl sites for hydroxylation is 1. The lowest BCUT2D eigenvalue weighted by atomic mass is 9.65. The van der Waals surface area contributed by atoms with Crippen molar-refractivity contribution in [2.24, 2.45) is 11.3 Å². The molecule has 1 aliphatic heterocycles. The molecule has 3 rings (SSSR count). The van der Waals surface area contributed by atoms with E-state index in [-0.39, 0.29) is 23.8 Å². The van der Waals surface area contributed by atoms with Crippen molar-refractivity contribution < 1.29 is 14.4 Å². The van der Waals surface area contributed by atoms with Gasteiger partial charge in [-0.2, -0.15) is 0 Å². The lowest BCUT2D eigenvalue weighted by Crippen LogP contribution is -2.51. The molecule has 158 valence electrons. The molecule has 2 N–H and O–H groups in total. The van der Waals surface area contributed by atoms with Crippen molar-refractivity contribution >= 4 is 23.5 Å². The van der Waals surface area contributed by atoms with E-state index in [1.165, 1.54) is 0 Å². The number of imide groups is 1. The topological polar surface area (TPSA) is 78.5 Å². The van der Waals surface area contributed by atoms with Gasteiger partial charge in [0.2, 0.25) is 5.91 Å². The predicted octanol–water partition coefficient (Wildman–Crippen LogP) is 4.10. The van der Waals surface area contributed by atoms with Crippen molar-refractivity contribution in [1.29, 1.82) is 0 Å². The minimum Gasteiger partial charge on any atom is -0.324 e. The van der Waals surface area contributed by atoms with Gasteiger partial charge in [-0.3, -0.25) is 14.5 Å². The van der Waals surface area contributed by atoms with Crippen LogP contribution in [0.2, 0.25) is 0 Å². The van der Waals surface area contributed by atoms with Crippen molar-refractivity contribution in [3.63, 3.8) is 0 Å². The summed E-state index contributed by atoms with van der Waals surface area (Å²) in [5, 5.41) is 5.75. The highest BCUT2D eigenvalue weighted by molar-refractivity contribution is 6.10. The van der Waals surface area contributed by atoms with Crippen LogP contribution in [0.15, 0.2) is 24.3 Å². The summed E-state index contributed by atoms with van der Waals surface area (Å²) in [6.45, 7) is 8.51. The zero-order chi connectivity index (χ0) is 21.2. The molecule has 0 unspecified atom stereocenters. The number of hydrogen-bond donors (Lipinski definition) is 2. The number of urea groups is 1. The van der Waals surface area contributed by atoms with Crippen LogP contribution in [0, 0.1) is 11.3 Å². The third-order valence-electron chi connectivity index (χ3n) is 7.08. The molecule has 0 aromatic heterocycles. The molecule has 1 heterocycles. The first-order valence-electron chi connectivity index (χ1n) is 10.7. The molecular weight excluding hydrogens is 366 g/mol. The fourth-order valence-corrected chi connectivity index (χ4v) is 4.62. The summed E-state index contributed by atoms with van der Waals surface area (Å²) in [5.74, 6) is -0.0628. The lowest BCUT2D eigenvalue weighted by molar-refractivity contribution is -0.135. The van der Waals surface area contributed by atoms with Gasteiger partial charge in [-0.25, -0.2) is 4.79 Å². The molecule has 0 radical (unpaired) electrons. The minimum atomic E-state index is -0.834. The van der Waals surface area contributed by atoms with E-state index >= 15 is 0 Å². The standard InChI is InChI=1S/C23H33N3O3/c1-5-16-9-7-8-10-18(16)24-19(27)15-26-20(28)23(25-21(26)29)13-11-17(12-14-23)22(3,4)6-2/h7-10,17H,5-6,11-15H2,1-4H3,(H,24,27)(H,25,29). The van der Waals surface area contributed by atoms with Gasteiger partial charge < -0.3 is 10.6 Å². The van der Waals surface area contributed by atoms with Crippen LogP contribution in [0.1, 0.15) is 65.4 Å². The van der Waals surface area contributed by atoms with Crippen LogP contribution in [0.3, 0.4) is 0 Å². The first kappa shape index (κ1) is 21.3. The molecule has 2 fully saturated rings. The Balaban J connectivity index is 1.64. The fourth-order valence-electron chi connectivity index (χ4n) is 4.62. The van der Waals surface area contributed by atoms with Crippen molar-refractivity contribution in [1.82, 2.24) is 10.2 Å². The molecular formula is C23H33N3O3. The van der Waals surface area contributed by atoms with Crippen molar-refractivity contribution in [3.05, 3.63) is 29.8 Å². The van der Waals surface area contributed by atoms with E-state index in [4.69, 9.17) is 0 Å². The summed E-state index contributed by atoms with van der Waals surface area (Å²) in [4.78, 5) is 39.2. The largest absolute Gasteiger partial charge is 0.325 e. The first-order chi connectivity index (χ1) is 13.7. The summed E-state index contributed by atoms with van der Waals surface area (Å²) < 4.78 is 0.